The molecule has 0 bridgehead atoms. The van der Waals surface area contributed by atoms with Crippen molar-refractivity contribution in [2.45, 2.75) is 69.9 Å². The number of benzene rings is 3. The largest absolute Gasteiger partial charge is 0.481 e. The third-order valence-corrected chi connectivity index (χ3v) is 11.8. The number of unbranched alkanes of at least 4 members (excludes halogenated alkanes) is 6. The number of aliphatic carboxylic acids is 1. The highest BCUT2D eigenvalue weighted by Gasteiger charge is 2.46. The second kappa shape index (κ2) is 14.1. The quantitative estimate of drug-likeness (QED) is 0.115. The molecule has 3 aromatic carbocycles. The number of rotatable bonds is 13. The molecule has 0 aromatic heterocycles. The van der Waals surface area contributed by atoms with Crippen molar-refractivity contribution >= 4 is 29.1 Å². The van der Waals surface area contributed by atoms with Gasteiger partial charge in [-0.25, -0.2) is 0 Å². The first-order chi connectivity index (χ1) is 20.0. The molecule has 0 aliphatic rings. The molecule has 43 heavy (non-hydrogen) atoms. The van der Waals surface area contributed by atoms with Crippen molar-refractivity contribution in [2.75, 3.05) is 6.16 Å². The standard InChI is InChI=1S/C31H30F9O2P/c32-29(33,34)22-9-15-25(16-10-22)43(26-17-11-23(12-18-26)30(35,36)37,27-19-13-24(14-20-27)31(38,39)40)21-7-5-3-1-2-4-6-8-28(41)42/h9-20H,1-8,21H2/p+1. The normalized spacial score (nSPS) is 12.9. The number of carbonyl (C=O) groups is 1. The van der Waals surface area contributed by atoms with Crippen molar-refractivity contribution in [3.05, 3.63) is 89.5 Å². The number of halogens is 9. The van der Waals surface area contributed by atoms with E-state index in [0.717, 1.165) is 62.1 Å². The number of carboxylic acids is 1. The molecule has 0 aliphatic heterocycles. The maximum absolute atomic E-state index is 13.4. The Labute approximate surface area is 244 Å². The maximum Gasteiger partial charge on any atom is 0.416 e. The first kappa shape index (κ1) is 34.4. The summed E-state index contributed by atoms with van der Waals surface area (Å²) >= 11 is 0. The summed E-state index contributed by atoms with van der Waals surface area (Å²) in [4.78, 5) is 10.7. The molecule has 0 saturated heterocycles. The summed E-state index contributed by atoms with van der Waals surface area (Å²) in [7, 11) is -3.01. The third kappa shape index (κ3) is 9.21. The van der Waals surface area contributed by atoms with E-state index in [1.165, 1.54) is 36.4 Å². The van der Waals surface area contributed by atoms with Gasteiger partial charge in [-0.2, -0.15) is 39.5 Å². The van der Waals surface area contributed by atoms with Gasteiger partial charge in [-0.1, -0.05) is 25.7 Å². The Kier molecular flexibility index (Phi) is 11.3. The van der Waals surface area contributed by atoms with Crippen LogP contribution in [0.5, 0.6) is 0 Å². The maximum atomic E-state index is 13.4. The fourth-order valence-electron chi connectivity index (χ4n) is 5.06. The van der Waals surface area contributed by atoms with Gasteiger partial charge in [0.15, 0.2) is 0 Å². The number of carboxylic acid groups (broad SMARTS) is 1. The second-order valence-electron chi connectivity index (χ2n) is 10.3. The number of hydrogen-bond acceptors (Lipinski definition) is 1. The van der Waals surface area contributed by atoms with Crippen molar-refractivity contribution in [2.24, 2.45) is 0 Å². The zero-order valence-electron chi connectivity index (χ0n) is 23.0. The molecule has 0 unspecified atom stereocenters. The lowest BCUT2D eigenvalue weighted by Gasteiger charge is -2.28. The first-order valence-electron chi connectivity index (χ1n) is 13.7. The highest BCUT2D eigenvalue weighted by atomic mass is 31.2. The van der Waals surface area contributed by atoms with Crippen LogP contribution in [-0.4, -0.2) is 17.2 Å². The lowest BCUT2D eigenvalue weighted by molar-refractivity contribution is -0.138. The van der Waals surface area contributed by atoms with E-state index in [-0.39, 0.29) is 6.42 Å². The topological polar surface area (TPSA) is 37.3 Å². The average molecular weight is 638 g/mol. The predicted octanol–water partition coefficient (Wildman–Crippen LogP) is 9.24. The minimum Gasteiger partial charge on any atom is -0.481 e. The first-order valence-corrected chi connectivity index (χ1v) is 15.7. The van der Waals surface area contributed by atoms with Crippen LogP contribution in [0, 0.1) is 0 Å². The van der Waals surface area contributed by atoms with E-state index in [2.05, 4.69) is 0 Å². The molecule has 0 spiro atoms. The van der Waals surface area contributed by atoms with Crippen molar-refractivity contribution in [3.8, 4) is 0 Å². The van der Waals surface area contributed by atoms with E-state index in [9.17, 15) is 44.3 Å². The molecule has 0 radical (unpaired) electrons. The summed E-state index contributed by atoms with van der Waals surface area (Å²) < 4.78 is 120. The molecule has 12 heteroatoms. The van der Waals surface area contributed by atoms with E-state index < -0.39 is 48.5 Å². The van der Waals surface area contributed by atoms with Gasteiger partial charge < -0.3 is 5.11 Å². The fourth-order valence-corrected chi connectivity index (χ4v) is 9.40. The third-order valence-electron chi connectivity index (χ3n) is 7.29. The molecule has 0 aliphatic carbocycles. The SMILES string of the molecule is O=C(O)CCCCCCCCC[P+](c1ccc(C(F)(F)F)cc1)(c1ccc(C(F)(F)F)cc1)c1ccc(C(F)(F)F)cc1. The van der Waals surface area contributed by atoms with Crippen LogP contribution in [-0.2, 0) is 23.3 Å². The number of alkyl halides is 9. The molecule has 0 saturated carbocycles. The molecular formula is C31H31F9O2P+. The van der Waals surface area contributed by atoms with Crippen LogP contribution < -0.4 is 15.9 Å². The van der Waals surface area contributed by atoms with Crippen LogP contribution in [0.25, 0.3) is 0 Å². The molecule has 1 N–H and O–H groups in total. The molecule has 0 fully saturated rings. The number of hydrogen-bond donors (Lipinski definition) is 1. The van der Waals surface area contributed by atoms with Crippen LogP contribution in [0.4, 0.5) is 39.5 Å². The highest BCUT2D eigenvalue weighted by molar-refractivity contribution is 7.95. The predicted molar refractivity (Wildman–Crippen MR) is 150 cm³/mol. The summed E-state index contributed by atoms with van der Waals surface area (Å²) in [6.45, 7) is 0. The molecule has 3 rings (SSSR count). The van der Waals surface area contributed by atoms with Gasteiger partial charge in [-0.05, 0) is 92.1 Å². The molecule has 0 heterocycles. The Morgan fingerprint density at radius 2 is 0.767 bits per heavy atom. The molecule has 234 valence electrons. The molecule has 0 atom stereocenters. The van der Waals surface area contributed by atoms with Crippen LogP contribution in [0.3, 0.4) is 0 Å². The Balaban J connectivity index is 2.03. The van der Waals surface area contributed by atoms with E-state index in [0.29, 0.717) is 41.3 Å². The second-order valence-corrected chi connectivity index (χ2v) is 13.9. The summed E-state index contributed by atoms with van der Waals surface area (Å²) in [6.07, 6.45) is -8.63. The van der Waals surface area contributed by atoms with Crippen LogP contribution in [0.15, 0.2) is 72.8 Å². The van der Waals surface area contributed by atoms with Crippen LogP contribution in [0.2, 0.25) is 0 Å². The zero-order valence-corrected chi connectivity index (χ0v) is 23.9. The summed E-state index contributed by atoms with van der Waals surface area (Å²) in [6, 6.07) is 12.9. The van der Waals surface area contributed by atoms with Gasteiger partial charge >= 0.3 is 24.5 Å². The van der Waals surface area contributed by atoms with Gasteiger partial charge in [0, 0.05) is 6.42 Å². The minimum absolute atomic E-state index is 0.0837. The Morgan fingerprint density at radius 3 is 1.05 bits per heavy atom. The summed E-state index contributed by atoms with van der Waals surface area (Å²) in [5.74, 6) is -0.866. The Bertz CT molecular complexity index is 1170. The van der Waals surface area contributed by atoms with Crippen LogP contribution in [0.1, 0.15) is 68.1 Å². The average Bonchev–Trinajstić information content (AvgIpc) is 2.93. The van der Waals surface area contributed by atoms with Crippen LogP contribution >= 0.6 is 7.26 Å². The smallest absolute Gasteiger partial charge is 0.416 e. The van der Waals surface area contributed by atoms with Gasteiger partial charge in [-0.15, -0.1) is 0 Å². The van der Waals surface area contributed by atoms with E-state index in [1.807, 2.05) is 0 Å². The van der Waals surface area contributed by atoms with E-state index in [4.69, 9.17) is 5.11 Å². The van der Waals surface area contributed by atoms with Gasteiger partial charge in [-0.3, -0.25) is 4.79 Å². The lowest BCUT2D eigenvalue weighted by atomic mass is 10.1. The molecule has 0 amide bonds. The summed E-state index contributed by atoms with van der Waals surface area (Å²) in [5.41, 5.74) is -2.76. The van der Waals surface area contributed by atoms with Crippen molar-refractivity contribution in [1.82, 2.24) is 0 Å². The Morgan fingerprint density at radius 1 is 0.488 bits per heavy atom. The monoisotopic (exact) mass is 637 g/mol. The van der Waals surface area contributed by atoms with Gasteiger partial charge in [0.2, 0.25) is 0 Å². The fraction of sp³-hybridized carbons (Fsp3) is 0.387. The van der Waals surface area contributed by atoms with Crippen molar-refractivity contribution in [1.29, 1.82) is 0 Å². The van der Waals surface area contributed by atoms with Crippen molar-refractivity contribution < 1.29 is 49.4 Å². The van der Waals surface area contributed by atoms with Gasteiger partial charge in [0.05, 0.1) is 22.9 Å². The van der Waals surface area contributed by atoms with Gasteiger partial charge in [0.25, 0.3) is 0 Å². The summed E-state index contributed by atoms with van der Waals surface area (Å²) in [5, 5.41) is 9.98. The van der Waals surface area contributed by atoms with Gasteiger partial charge in [0.1, 0.15) is 23.2 Å². The Hall–Kier alpha value is -3.07. The van der Waals surface area contributed by atoms with E-state index >= 15 is 0 Å². The highest BCUT2D eigenvalue weighted by Crippen LogP contribution is 2.56. The minimum atomic E-state index is -4.63. The zero-order chi connectivity index (χ0) is 31.9. The molecule has 3 aromatic rings. The molecule has 2 nitrogen and oxygen atoms in total. The molecular weight excluding hydrogens is 606 g/mol. The lowest BCUT2D eigenvalue weighted by Crippen LogP contribution is -2.34. The van der Waals surface area contributed by atoms with Crippen molar-refractivity contribution in [3.63, 3.8) is 0 Å². The van der Waals surface area contributed by atoms with E-state index in [1.54, 1.807) is 0 Å².